The molecule has 0 aliphatic carbocycles. The Balaban J connectivity index is 2.47. The Kier molecular flexibility index (Phi) is 1.74. The second-order valence-corrected chi connectivity index (χ2v) is 3.35. The van der Waals surface area contributed by atoms with Gasteiger partial charge in [0, 0.05) is 17.1 Å². The minimum atomic E-state index is 0.901. The van der Waals surface area contributed by atoms with Crippen LogP contribution in [0.2, 0.25) is 0 Å². The van der Waals surface area contributed by atoms with Crippen LogP contribution in [0.1, 0.15) is 5.56 Å². The van der Waals surface area contributed by atoms with E-state index in [-0.39, 0.29) is 0 Å². The molecule has 15 heavy (non-hydrogen) atoms. The summed E-state index contributed by atoms with van der Waals surface area (Å²) in [4.78, 5) is 8.64. The van der Waals surface area contributed by atoms with Gasteiger partial charge in [-0.2, -0.15) is 0 Å². The van der Waals surface area contributed by atoms with Crippen molar-refractivity contribution in [2.45, 2.75) is 0 Å². The average Bonchev–Trinajstić information content (AvgIpc) is 2.54. The lowest BCUT2D eigenvalue weighted by molar-refractivity contribution is 1.39. The number of fused-ring (bicyclic) bond motifs is 3. The van der Waals surface area contributed by atoms with Gasteiger partial charge >= 0.3 is 0 Å². The molecule has 2 heteroatoms. The molecule has 0 atom stereocenters. The van der Waals surface area contributed by atoms with Crippen LogP contribution >= 0.6 is 0 Å². The lowest BCUT2D eigenvalue weighted by Crippen LogP contribution is -1.81. The van der Waals surface area contributed by atoms with Crippen molar-refractivity contribution in [2.24, 2.45) is 4.99 Å². The zero-order valence-corrected chi connectivity index (χ0v) is 8.01. The molecule has 0 radical (unpaired) electrons. The number of rotatable bonds is 0. The van der Waals surface area contributed by atoms with Crippen LogP contribution in [0.3, 0.4) is 0 Å². The van der Waals surface area contributed by atoms with Crippen molar-refractivity contribution >= 4 is 28.5 Å². The maximum atomic E-state index is 4.35. The van der Waals surface area contributed by atoms with Gasteiger partial charge in [0.25, 0.3) is 0 Å². The summed E-state index contributed by atoms with van der Waals surface area (Å²) in [5.74, 6) is 2.87. The minimum Gasteiger partial charge on any atom is -0.254 e. The number of aromatic nitrogens is 1. The molecular formula is C13H8N2. The van der Waals surface area contributed by atoms with Gasteiger partial charge in [0.05, 0.1) is 5.52 Å². The van der Waals surface area contributed by atoms with Crippen molar-refractivity contribution in [2.75, 3.05) is 0 Å². The summed E-state index contributed by atoms with van der Waals surface area (Å²) in [6, 6.07) is 8.09. The second-order valence-electron chi connectivity index (χ2n) is 3.35. The van der Waals surface area contributed by atoms with E-state index in [2.05, 4.69) is 28.0 Å². The fraction of sp³-hybridized carbons (Fsp3) is 0. The minimum absolute atomic E-state index is 0.901. The zero-order chi connectivity index (χ0) is 10.1. The van der Waals surface area contributed by atoms with Crippen molar-refractivity contribution < 1.29 is 0 Å². The van der Waals surface area contributed by atoms with Gasteiger partial charge in [-0.3, -0.25) is 4.98 Å². The van der Waals surface area contributed by atoms with Gasteiger partial charge in [0.1, 0.15) is 5.69 Å². The molecule has 0 bridgehead atoms. The number of hydrogen-bond donors (Lipinski definition) is 0. The lowest BCUT2D eigenvalue weighted by Gasteiger charge is -2.03. The monoisotopic (exact) mass is 192 g/mol. The highest BCUT2D eigenvalue weighted by Gasteiger charge is 2.05. The third-order valence-electron chi connectivity index (χ3n) is 2.40. The molecule has 2 aromatic rings. The first-order valence-corrected chi connectivity index (χ1v) is 4.79. The normalized spacial score (nSPS) is 12.8. The molecule has 0 spiro atoms. The highest BCUT2D eigenvalue weighted by molar-refractivity contribution is 5.95. The van der Waals surface area contributed by atoms with Crippen LogP contribution in [0.4, 0.5) is 5.69 Å². The van der Waals surface area contributed by atoms with Gasteiger partial charge in [0.2, 0.25) is 0 Å². The Hall–Kier alpha value is -2.18. The summed E-state index contributed by atoms with van der Waals surface area (Å²) in [5, 5.41) is 1.11. The van der Waals surface area contributed by atoms with E-state index in [0.29, 0.717) is 0 Å². The molecule has 0 saturated heterocycles. The zero-order valence-electron chi connectivity index (χ0n) is 8.01. The summed E-state index contributed by atoms with van der Waals surface area (Å²) in [7, 11) is 0. The number of hydrogen-bond acceptors (Lipinski definition) is 2. The first-order chi connectivity index (χ1) is 7.45. The van der Waals surface area contributed by atoms with E-state index in [9.17, 15) is 0 Å². The van der Waals surface area contributed by atoms with E-state index in [0.717, 1.165) is 22.2 Å². The van der Waals surface area contributed by atoms with Crippen LogP contribution in [0.25, 0.3) is 17.0 Å². The third-order valence-corrected chi connectivity index (χ3v) is 2.40. The Morgan fingerprint density at radius 3 is 3.13 bits per heavy atom. The fourth-order valence-corrected chi connectivity index (χ4v) is 1.69. The van der Waals surface area contributed by atoms with Crippen LogP contribution in [0, 0.1) is 0 Å². The fourth-order valence-electron chi connectivity index (χ4n) is 1.69. The Labute approximate surface area is 87.3 Å². The van der Waals surface area contributed by atoms with Crippen molar-refractivity contribution in [3.63, 3.8) is 0 Å². The topological polar surface area (TPSA) is 25.2 Å². The smallest absolute Gasteiger partial charge is 0.106 e. The standard InChI is InChI=1S/C13H8N2/c1-2-8-14-12-10(4-1)6-7-11-5-3-9-15-13(11)12/h1-7,9H. The van der Waals surface area contributed by atoms with Crippen LogP contribution in [-0.4, -0.2) is 10.9 Å². The average molecular weight is 192 g/mol. The molecule has 1 aromatic heterocycles. The van der Waals surface area contributed by atoms with Crippen molar-refractivity contribution in [1.82, 2.24) is 4.98 Å². The summed E-state index contributed by atoms with van der Waals surface area (Å²) < 4.78 is 0. The number of benzene rings is 1. The van der Waals surface area contributed by atoms with E-state index in [1.54, 1.807) is 12.3 Å². The predicted molar refractivity (Wildman–Crippen MR) is 62.4 cm³/mol. The SMILES string of the molecule is C1=CC=Cc2ccc3cccnc3c2N=1. The molecule has 0 unspecified atom stereocenters. The largest absolute Gasteiger partial charge is 0.254 e. The Bertz CT molecular complexity index is 617. The molecule has 0 N–H and O–H groups in total. The Morgan fingerprint density at radius 2 is 2.13 bits per heavy atom. The molecule has 1 aliphatic rings. The first kappa shape index (κ1) is 8.16. The molecular weight excluding hydrogens is 184 g/mol. The van der Waals surface area contributed by atoms with Crippen LogP contribution in [0.5, 0.6) is 0 Å². The van der Waals surface area contributed by atoms with E-state index < -0.39 is 0 Å². The molecule has 70 valence electrons. The summed E-state index contributed by atoms with van der Waals surface area (Å²) in [6.07, 6.45) is 7.54. The second kappa shape index (κ2) is 3.19. The van der Waals surface area contributed by atoms with Gasteiger partial charge in [0.15, 0.2) is 0 Å². The lowest BCUT2D eigenvalue weighted by atomic mass is 10.1. The highest BCUT2D eigenvalue weighted by Crippen LogP contribution is 2.29. The highest BCUT2D eigenvalue weighted by atomic mass is 14.8. The quantitative estimate of drug-likeness (QED) is 0.629. The van der Waals surface area contributed by atoms with Gasteiger partial charge in [-0.05, 0) is 18.0 Å². The summed E-state index contributed by atoms with van der Waals surface area (Å²) in [6.45, 7) is 0. The van der Waals surface area contributed by atoms with Crippen molar-refractivity contribution in [3.8, 4) is 0 Å². The van der Waals surface area contributed by atoms with Gasteiger partial charge in [-0.15, -0.1) is 0 Å². The predicted octanol–water partition coefficient (Wildman–Crippen LogP) is 3.12. The molecule has 1 aliphatic heterocycles. The number of pyridine rings is 1. The molecule has 0 fully saturated rings. The first-order valence-electron chi connectivity index (χ1n) is 4.79. The maximum Gasteiger partial charge on any atom is 0.106 e. The van der Waals surface area contributed by atoms with Crippen molar-refractivity contribution in [1.29, 1.82) is 0 Å². The van der Waals surface area contributed by atoms with E-state index >= 15 is 0 Å². The van der Waals surface area contributed by atoms with E-state index in [1.807, 2.05) is 24.3 Å². The molecule has 0 saturated carbocycles. The summed E-state index contributed by atoms with van der Waals surface area (Å²) in [5.41, 5.74) is 2.92. The van der Waals surface area contributed by atoms with E-state index in [4.69, 9.17) is 0 Å². The number of allylic oxidation sites excluding steroid dienone is 2. The molecule has 2 heterocycles. The van der Waals surface area contributed by atoms with Crippen LogP contribution < -0.4 is 0 Å². The molecule has 2 nitrogen and oxygen atoms in total. The van der Waals surface area contributed by atoms with Crippen LogP contribution in [-0.2, 0) is 0 Å². The van der Waals surface area contributed by atoms with Crippen molar-refractivity contribution in [3.05, 3.63) is 48.2 Å². The number of aliphatic imine (C=N–C) groups is 1. The number of nitrogens with zero attached hydrogens (tertiary/aromatic N) is 2. The molecule has 3 rings (SSSR count). The maximum absolute atomic E-state index is 4.35. The third kappa shape index (κ3) is 1.28. The van der Waals surface area contributed by atoms with Gasteiger partial charge in [-0.25, -0.2) is 4.99 Å². The van der Waals surface area contributed by atoms with Crippen LogP contribution in [0.15, 0.2) is 47.6 Å². The molecule has 0 amide bonds. The molecule has 1 aromatic carbocycles. The summed E-state index contributed by atoms with van der Waals surface area (Å²) >= 11 is 0. The van der Waals surface area contributed by atoms with Gasteiger partial charge in [-0.1, -0.05) is 30.4 Å². The Morgan fingerprint density at radius 1 is 1.13 bits per heavy atom. The van der Waals surface area contributed by atoms with E-state index in [1.165, 1.54) is 0 Å². The van der Waals surface area contributed by atoms with Gasteiger partial charge < -0.3 is 0 Å².